The van der Waals surface area contributed by atoms with Crippen LogP contribution in [0.4, 0.5) is 0 Å². The quantitative estimate of drug-likeness (QED) is 0.564. The second-order valence-electron chi connectivity index (χ2n) is 6.07. The highest BCUT2D eigenvalue weighted by molar-refractivity contribution is 5.88. The van der Waals surface area contributed by atoms with E-state index in [0.717, 1.165) is 25.2 Å². The highest BCUT2D eigenvalue weighted by atomic mass is 16.1. The first-order chi connectivity index (χ1) is 9.04. The molecule has 1 rings (SSSR count). The lowest BCUT2D eigenvalue weighted by molar-refractivity contribution is -0.118. The highest BCUT2D eigenvalue weighted by Gasteiger charge is 2.19. The Bertz CT molecular complexity index is 306. The minimum absolute atomic E-state index is 0.155. The van der Waals surface area contributed by atoms with Crippen molar-refractivity contribution in [2.75, 3.05) is 0 Å². The van der Waals surface area contributed by atoms with Crippen LogP contribution in [0.1, 0.15) is 72.1 Å². The molecule has 0 aliphatic heterocycles. The summed E-state index contributed by atoms with van der Waals surface area (Å²) in [6.45, 7) is 5.80. The number of nitrogens with two attached hydrogens (primary N) is 1. The highest BCUT2D eigenvalue weighted by Crippen LogP contribution is 2.28. The van der Waals surface area contributed by atoms with Crippen LogP contribution in [0.15, 0.2) is 4.99 Å². The van der Waals surface area contributed by atoms with Gasteiger partial charge in [-0.15, -0.1) is 0 Å². The first-order valence-corrected chi connectivity index (χ1v) is 7.88. The second-order valence-corrected chi connectivity index (χ2v) is 6.07. The number of hydrogen-bond donors (Lipinski definition) is 1. The molecule has 0 aromatic heterocycles. The summed E-state index contributed by atoms with van der Waals surface area (Å²) in [5.41, 5.74) is 5.97. The number of carbonyl (C=O) groups is 1. The van der Waals surface area contributed by atoms with Crippen LogP contribution in [-0.4, -0.2) is 17.7 Å². The van der Waals surface area contributed by atoms with Crippen molar-refractivity contribution in [3.63, 3.8) is 0 Å². The second kappa shape index (κ2) is 8.34. The van der Waals surface area contributed by atoms with E-state index in [1.54, 1.807) is 6.92 Å². The molecule has 1 aliphatic carbocycles. The van der Waals surface area contributed by atoms with Crippen LogP contribution in [0.5, 0.6) is 0 Å². The van der Waals surface area contributed by atoms with E-state index in [0.29, 0.717) is 5.84 Å². The molecule has 0 bridgehead atoms. The van der Waals surface area contributed by atoms with Gasteiger partial charge in [0.1, 0.15) is 6.04 Å². The molecule has 0 heterocycles. The molecule has 1 aliphatic rings. The van der Waals surface area contributed by atoms with Crippen molar-refractivity contribution in [2.45, 2.75) is 78.2 Å². The Kier molecular flexibility index (Phi) is 7.11. The summed E-state index contributed by atoms with van der Waals surface area (Å²) in [6.07, 6.45) is 9.72. The first-order valence-electron chi connectivity index (χ1n) is 7.88. The molecule has 2 atom stereocenters. The lowest BCUT2D eigenvalue weighted by Gasteiger charge is -2.22. The first kappa shape index (κ1) is 16.2. The Balaban J connectivity index is 2.50. The van der Waals surface area contributed by atoms with Crippen molar-refractivity contribution in [1.29, 1.82) is 0 Å². The number of hydrogen-bond acceptors (Lipinski definition) is 2. The normalized spacial score (nSPS) is 21.1. The van der Waals surface area contributed by atoms with Crippen molar-refractivity contribution >= 4 is 11.6 Å². The summed E-state index contributed by atoms with van der Waals surface area (Å²) >= 11 is 0. The van der Waals surface area contributed by atoms with Gasteiger partial charge >= 0.3 is 0 Å². The van der Waals surface area contributed by atoms with Gasteiger partial charge in [-0.2, -0.15) is 0 Å². The SMILES string of the molecule is CCC(C)C(N)=N[C@@H](CCC1CCCCC1)C(C)=O. The van der Waals surface area contributed by atoms with E-state index in [1.807, 2.05) is 0 Å². The molecule has 1 unspecified atom stereocenters. The van der Waals surface area contributed by atoms with E-state index in [1.165, 1.54) is 32.1 Å². The molecule has 0 aromatic rings. The van der Waals surface area contributed by atoms with Gasteiger partial charge < -0.3 is 5.73 Å². The maximum Gasteiger partial charge on any atom is 0.154 e. The molecular formula is C16H30N2O. The van der Waals surface area contributed by atoms with Crippen molar-refractivity contribution < 1.29 is 4.79 Å². The van der Waals surface area contributed by atoms with Gasteiger partial charge in [0.15, 0.2) is 5.78 Å². The molecule has 2 N–H and O–H groups in total. The Morgan fingerprint density at radius 3 is 2.47 bits per heavy atom. The number of nitrogens with zero attached hydrogens (tertiary/aromatic N) is 1. The minimum atomic E-state index is -0.212. The fourth-order valence-electron chi connectivity index (χ4n) is 2.74. The molecule has 3 nitrogen and oxygen atoms in total. The van der Waals surface area contributed by atoms with Crippen molar-refractivity contribution in [3.05, 3.63) is 0 Å². The van der Waals surface area contributed by atoms with Gasteiger partial charge in [0.05, 0.1) is 5.84 Å². The zero-order chi connectivity index (χ0) is 14.3. The van der Waals surface area contributed by atoms with Crippen LogP contribution >= 0.6 is 0 Å². The summed E-state index contributed by atoms with van der Waals surface area (Å²) in [4.78, 5) is 16.2. The van der Waals surface area contributed by atoms with Crippen LogP contribution in [0, 0.1) is 11.8 Å². The van der Waals surface area contributed by atoms with Gasteiger partial charge in [-0.1, -0.05) is 46.0 Å². The monoisotopic (exact) mass is 266 g/mol. The molecular weight excluding hydrogens is 236 g/mol. The lowest BCUT2D eigenvalue weighted by Crippen LogP contribution is -2.27. The molecule has 1 saturated carbocycles. The number of rotatable bonds is 7. The van der Waals surface area contributed by atoms with Gasteiger partial charge in [-0.3, -0.25) is 9.79 Å². The number of ketones is 1. The third-order valence-electron chi connectivity index (χ3n) is 4.46. The van der Waals surface area contributed by atoms with E-state index < -0.39 is 0 Å². The van der Waals surface area contributed by atoms with Gasteiger partial charge in [0.25, 0.3) is 0 Å². The molecule has 0 saturated heterocycles. The average molecular weight is 266 g/mol. The molecule has 3 heteroatoms. The third-order valence-corrected chi connectivity index (χ3v) is 4.46. The molecule has 0 spiro atoms. The Morgan fingerprint density at radius 2 is 1.95 bits per heavy atom. The number of amidine groups is 1. The van der Waals surface area contributed by atoms with Crippen molar-refractivity contribution in [3.8, 4) is 0 Å². The van der Waals surface area contributed by atoms with E-state index >= 15 is 0 Å². The Labute approximate surface area is 118 Å². The van der Waals surface area contributed by atoms with Gasteiger partial charge in [-0.05, 0) is 32.1 Å². The Hall–Kier alpha value is -0.860. The summed E-state index contributed by atoms with van der Waals surface area (Å²) in [6, 6.07) is -0.212. The maximum absolute atomic E-state index is 11.7. The number of carbonyl (C=O) groups excluding carboxylic acids is 1. The average Bonchev–Trinajstić information content (AvgIpc) is 2.42. The smallest absolute Gasteiger partial charge is 0.154 e. The number of aliphatic imine (C=N–C) groups is 1. The van der Waals surface area contributed by atoms with Gasteiger partial charge in [-0.25, -0.2) is 0 Å². The van der Waals surface area contributed by atoms with Crippen molar-refractivity contribution in [1.82, 2.24) is 0 Å². The zero-order valence-corrected chi connectivity index (χ0v) is 12.8. The molecule has 0 amide bonds. The van der Waals surface area contributed by atoms with Crippen LogP contribution in [0.3, 0.4) is 0 Å². The molecule has 0 radical (unpaired) electrons. The summed E-state index contributed by atoms with van der Waals surface area (Å²) in [7, 11) is 0. The van der Waals surface area contributed by atoms with Gasteiger partial charge in [0.2, 0.25) is 0 Å². The largest absolute Gasteiger partial charge is 0.387 e. The maximum atomic E-state index is 11.7. The van der Waals surface area contributed by atoms with Crippen LogP contribution < -0.4 is 5.73 Å². The van der Waals surface area contributed by atoms with E-state index in [2.05, 4.69) is 18.8 Å². The summed E-state index contributed by atoms with van der Waals surface area (Å²) in [5.74, 6) is 1.88. The predicted molar refractivity (Wildman–Crippen MR) is 81.4 cm³/mol. The predicted octanol–water partition coefficient (Wildman–Crippen LogP) is 3.71. The number of Topliss-reactive ketones (excluding diaryl/α,β-unsaturated/α-hetero) is 1. The zero-order valence-electron chi connectivity index (χ0n) is 12.8. The standard InChI is InChI=1S/C16H30N2O/c1-4-12(2)16(17)18-15(13(3)19)11-10-14-8-6-5-7-9-14/h12,14-15H,4-11H2,1-3H3,(H2,17,18)/t12?,15-/m0/s1. The van der Waals surface area contributed by atoms with E-state index in [9.17, 15) is 4.79 Å². The fraction of sp³-hybridized carbons (Fsp3) is 0.875. The van der Waals surface area contributed by atoms with Crippen LogP contribution in [0.2, 0.25) is 0 Å². The topological polar surface area (TPSA) is 55.4 Å². The molecule has 19 heavy (non-hydrogen) atoms. The molecule has 110 valence electrons. The van der Waals surface area contributed by atoms with Crippen molar-refractivity contribution in [2.24, 2.45) is 22.6 Å². The summed E-state index contributed by atoms with van der Waals surface area (Å²) < 4.78 is 0. The van der Waals surface area contributed by atoms with Crippen LogP contribution in [-0.2, 0) is 4.79 Å². The molecule has 1 fully saturated rings. The lowest BCUT2D eigenvalue weighted by atomic mass is 9.85. The Morgan fingerprint density at radius 1 is 1.32 bits per heavy atom. The summed E-state index contributed by atoms with van der Waals surface area (Å²) in [5, 5.41) is 0. The van der Waals surface area contributed by atoms with E-state index in [-0.39, 0.29) is 17.7 Å². The minimum Gasteiger partial charge on any atom is -0.387 e. The van der Waals surface area contributed by atoms with Gasteiger partial charge in [0, 0.05) is 5.92 Å². The molecule has 0 aromatic carbocycles. The van der Waals surface area contributed by atoms with Crippen LogP contribution in [0.25, 0.3) is 0 Å². The fourth-order valence-corrected chi connectivity index (χ4v) is 2.74. The third kappa shape index (κ3) is 5.75. The van der Waals surface area contributed by atoms with E-state index in [4.69, 9.17) is 5.73 Å².